The number of methoxy groups -OCH3 is 1. The van der Waals surface area contributed by atoms with Gasteiger partial charge in [-0.3, -0.25) is 4.79 Å². The molecular weight excluding hydrogens is 662 g/mol. The quantitative estimate of drug-likeness (QED) is 0.0603. The van der Waals surface area contributed by atoms with E-state index in [4.69, 9.17) is 29.8 Å². The molecule has 0 unspecified atom stereocenters. The summed E-state index contributed by atoms with van der Waals surface area (Å²) in [5.41, 5.74) is 11.8. The van der Waals surface area contributed by atoms with Crippen LogP contribution in [0, 0.1) is 0 Å². The Bertz CT molecular complexity index is 1740. The van der Waals surface area contributed by atoms with E-state index in [1.165, 1.54) is 0 Å². The lowest BCUT2D eigenvalue weighted by Crippen LogP contribution is -2.50. The minimum absolute atomic E-state index is 0.0487. The minimum Gasteiger partial charge on any atom is -0.497 e. The molecule has 0 bridgehead atoms. The first kappa shape index (κ1) is 33.5. The van der Waals surface area contributed by atoms with Crippen molar-refractivity contribution in [1.29, 1.82) is 0 Å². The molecule has 2 N–H and O–H groups in total. The third-order valence-corrected chi connectivity index (χ3v) is 8.72. The number of nitrogens with one attached hydrogen (secondary N) is 1. The van der Waals surface area contributed by atoms with Crippen molar-refractivity contribution in [2.45, 2.75) is 37.5 Å². The summed E-state index contributed by atoms with van der Waals surface area (Å²) >= 11 is 3.67. The molecular formula is C36H36BrN5O5. The topological polar surface area (TPSA) is 138 Å². The Morgan fingerprint density at radius 3 is 2.43 bits per heavy atom. The lowest BCUT2D eigenvalue weighted by molar-refractivity contribution is -0.128. The monoisotopic (exact) mass is 697 g/mol. The molecule has 0 spiro atoms. The van der Waals surface area contributed by atoms with E-state index in [-0.39, 0.29) is 25.5 Å². The molecule has 1 aliphatic rings. The van der Waals surface area contributed by atoms with Gasteiger partial charge in [0.25, 0.3) is 5.91 Å². The number of halogens is 1. The highest BCUT2D eigenvalue weighted by Crippen LogP contribution is 2.44. The number of amides is 1. The van der Waals surface area contributed by atoms with Gasteiger partial charge in [0, 0.05) is 40.9 Å². The Labute approximate surface area is 282 Å². The number of aliphatic hydroxyl groups is 1. The van der Waals surface area contributed by atoms with Crippen molar-refractivity contribution in [3.8, 4) is 11.5 Å². The van der Waals surface area contributed by atoms with Crippen molar-refractivity contribution in [2.75, 3.05) is 26.9 Å². The van der Waals surface area contributed by atoms with Crippen LogP contribution in [0.1, 0.15) is 40.3 Å². The number of hydrogen-bond donors (Lipinski definition) is 2. The highest BCUT2D eigenvalue weighted by Gasteiger charge is 2.54. The zero-order valence-corrected chi connectivity index (χ0v) is 27.6. The van der Waals surface area contributed by atoms with Crippen LogP contribution in [0.25, 0.3) is 10.4 Å². The average Bonchev–Trinajstić information content (AvgIpc) is 3.49. The standard InChI is InChI=1S/C36H36BrN5O5/c1-45-29-15-11-25(12-16-29)19-20-39-35(44)36(23-27-7-3-5-10-32(27)37)33(31-9-4-2-8-28(31)24-40-42-38)47-34(41-36)26-13-17-30(18-14-26)46-22-6-21-43/h2-5,7-18,33,43H,6,19-24H2,1H3,(H,39,44)/t33-,36-/m1/s1. The SMILES string of the molecule is COc1ccc(CCNC(=O)[C@]2(Cc3ccccc3Br)N=C(c3ccc(OCCCO)cc3)O[C@@H]2c2ccccc2CN=[N+]=[N-])cc1. The normalized spacial score (nSPS) is 16.8. The zero-order chi connectivity index (χ0) is 33.1. The van der Waals surface area contributed by atoms with E-state index in [1.54, 1.807) is 7.11 Å². The number of rotatable bonds is 15. The van der Waals surface area contributed by atoms with Crippen LogP contribution in [-0.2, 0) is 28.9 Å². The van der Waals surface area contributed by atoms with E-state index in [0.717, 1.165) is 26.9 Å². The van der Waals surface area contributed by atoms with E-state index in [2.05, 4.69) is 31.3 Å². The van der Waals surface area contributed by atoms with Gasteiger partial charge < -0.3 is 24.6 Å². The molecule has 0 fully saturated rings. The van der Waals surface area contributed by atoms with Crippen LogP contribution < -0.4 is 14.8 Å². The number of hydrogen-bond acceptors (Lipinski definition) is 7. The minimum atomic E-state index is -1.41. The number of aliphatic imine (C=N–C) groups is 1. The Morgan fingerprint density at radius 1 is 1.02 bits per heavy atom. The maximum absolute atomic E-state index is 14.6. The fourth-order valence-corrected chi connectivity index (χ4v) is 5.92. The third kappa shape index (κ3) is 8.13. The third-order valence-electron chi connectivity index (χ3n) is 7.95. The molecule has 1 aliphatic heterocycles. The maximum atomic E-state index is 14.6. The fourth-order valence-electron chi connectivity index (χ4n) is 5.50. The van der Waals surface area contributed by atoms with Crippen molar-refractivity contribution < 1.29 is 24.1 Å². The summed E-state index contributed by atoms with van der Waals surface area (Å²) in [6.45, 7) is 0.906. The van der Waals surface area contributed by atoms with Gasteiger partial charge in [0.2, 0.25) is 5.90 Å². The van der Waals surface area contributed by atoms with Gasteiger partial charge in [-0.05, 0) is 76.7 Å². The van der Waals surface area contributed by atoms with Crippen LogP contribution in [0.5, 0.6) is 11.5 Å². The lowest BCUT2D eigenvalue weighted by Gasteiger charge is -2.32. The Morgan fingerprint density at radius 2 is 1.72 bits per heavy atom. The maximum Gasteiger partial charge on any atom is 0.252 e. The second kappa shape index (κ2) is 16.1. The molecule has 0 radical (unpaired) electrons. The summed E-state index contributed by atoms with van der Waals surface area (Å²) in [4.78, 5) is 22.7. The number of ether oxygens (including phenoxy) is 3. The molecule has 47 heavy (non-hydrogen) atoms. The molecule has 0 saturated carbocycles. The molecule has 11 heteroatoms. The van der Waals surface area contributed by atoms with E-state index in [0.29, 0.717) is 48.8 Å². The van der Waals surface area contributed by atoms with Gasteiger partial charge in [-0.2, -0.15) is 0 Å². The first-order valence-electron chi connectivity index (χ1n) is 15.3. The predicted molar refractivity (Wildman–Crippen MR) is 184 cm³/mol. The van der Waals surface area contributed by atoms with E-state index >= 15 is 0 Å². The first-order chi connectivity index (χ1) is 23.0. The number of azide groups is 1. The molecule has 5 rings (SSSR count). The van der Waals surface area contributed by atoms with Gasteiger partial charge in [0.1, 0.15) is 11.5 Å². The second-order valence-electron chi connectivity index (χ2n) is 11.0. The summed E-state index contributed by atoms with van der Waals surface area (Å²) in [5.74, 6) is 1.44. The van der Waals surface area contributed by atoms with Crippen molar-refractivity contribution in [2.24, 2.45) is 10.1 Å². The summed E-state index contributed by atoms with van der Waals surface area (Å²) in [7, 11) is 1.63. The summed E-state index contributed by atoms with van der Waals surface area (Å²) < 4.78 is 18.5. The largest absolute Gasteiger partial charge is 0.497 e. The Hall–Kier alpha value is -4.83. The molecule has 2 atom stereocenters. The number of carbonyl (C=O) groups is 1. The molecule has 1 amide bonds. The van der Waals surface area contributed by atoms with Gasteiger partial charge in [0.05, 0.1) is 20.3 Å². The highest BCUT2D eigenvalue weighted by molar-refractivity contribution is 9.10. The van der Waals surface area contributed by atoms with Gasteiger partial charge >= 0.3 is 0 Å². The fraction of sp³-hybridized carbons (Fsp3) is 0.278. The molecule has 4 aromatic rings. The molecule has 0 saturated heterocycles. The summed E-state index contributed by atoms with van der Waals surface area (Å²) in [5, 5.41) is 16.1. The van der Waals surface area contributed by atoms with Crippen molar-refractivity contribution in [3.63, 3.8) is 0 Å². The van der Waals surface area contributed by atoms with Crippen LogP contribution in [-0.4, -0.2) is 49.3 Å². The molecule has 0 aromatic heterocycles. The van der Waals surface area contributed by atoms with Crippen LogP contribution in [0.3, 0.4) is 0 Å². The van der Waals surface area contributed by atoms with Gasteiger partial charge in [-0.25, -0.2) is 4.99 Å². The Kier molecular flexibility index (Phi) is 11.5. The van der Waals surface area contributed by atoms with Crippen LogP contribution in [0.4, 0.5) is 0 Å². The first-order valence-corrected chi connectivity index (χ1v) is 16.1. The van der Waals surface area contributed by atoms with Gasteiger partial charge in [-0.15, -0.1) is 0 Å². The molecule has 1 heterocycles. The predicted octanol–water partition coefficient (Wildman–Crippen LogP) is 6.89. The molecule has 0 aliphatic carbocycles. The number of aliphatic hydroxyl groups excluding tert-OH is 1. The van der Waals surface area contributed by atoms with Crippen LogP contribution in [0.2, 0.25) is 0 Å². The Balaban J connectivity index is 1.55. The lowest BCUT2D eigenvalue weighted by atomic mass is 9.80. The van der Waals surface area contributed by atoms with Crippen LogP contribution in [0.15, 0.2) is 112 Å². The highest BCUT2D eigenvalue weighted by atomic mass is 79.9. The summed E-state index contributed by atoms with van der Waals surface area (Å²) in [6.07, 6.45) is 0.527. The zero-order valence-electron chi connectivity index (χ0n) is 26.0. The smallest absolute Gasteiger partial charge is 0.252 e. The average molecular weight is 699 g/mol. The molecule has 242 valence electrons. The second-order valence-corrected chi connectivity index (χ2v) is 11.9. The van der Waals surface area contributed by atoms with Crippen molar-refractivity contribution in [3.05, 3.63) is 140 Å². The molecule has 4 aromatic carbocycles. The summed E-state index contributed by atoms with van der Waals surface area (Å²) in [6, 6.07) is 30.3. The number of carbonyl (C=O) groups excluding carboxylic acids is 1. The van der Waals surface area contributed by atoms with E-state index in [1.807, 2.05) is 97.1 Å². The number of benzene rings is 4. The molecule has 10 nitrogen and oxygen atoms in total. The van der Waals surface area contributed by atoms with E-state index in [9.17, 15) is 4.79 Å². The van der Waals surface area contributed by atoms with Gasteiger partial charge in [0.15, 0.2) is 11.6 Å². The van der Waals surface area contributed by atoms with Crippen molar-refractivity contribution in [1.82, 2.24) is 5.32 Å². The van der Waals surface area contributed by atoms with Crippen LogP contribution >= 0.6 is 15.9 Å². The van der Waals surface area contributed by atoms with Gasteiger partial charge in [-0.1, -0.05) is 75.6 Å². The number of nitrogens with zero attached hydrogens (tertiary/aromatic N) is 4. The van der Waals surface area contributed by atoms with E-state index < -0.39 is 11.6 Å². The van der Waals surface area contributed by atoms with Crippen molar-refractivity contribution >= 4 is 27.7 Å².